The van der Waals surface area contributed by atoms with Crippen molar-refractivity contribution >= 4 is 41.4 Å². The third-order valence-electron chi connectivity index (χ3n) is 1.27. The monoisotopic (exact) mass is 351 g/mol. The Labute approximate surface area is 95.8 Å². The van der Waals surface area contributed by atoms with Crippen LogP contribution in [0.1, 0.15) is 0 Å². The van der Waals surface area contributed by atoms with Crippen LogP contribution in [0.5, 0.6) is 0 Å². The minimum atomic E-state index is 0.104. The quantitative estimate of drug-likeness (QED) is 0.533. The van der Waals surface area contributed by atoms with E-state index in [0.717, 1.165) is 0 Å². The fraction of sp³-hybridized carbons (Fsp3) is 0.250. The summed E-state index contributed by atoms with van der Waals surface area (Å²) in [5.41, 5.74) is 0. The van der Waals surface area contributed by atoms with Crippen LogP contribution in [0.15, 0.2) is 30.3 Å². The van der Waals surface area contributed by atoms with Crippen LogP contribution < -0.4 is 5.30 Å². The average molecular weight is 353 g/mol. The molecule has 0 aliphatic carbocycles. The summed E-state index contributed by atoms with van der Waals surface area (Å²) in [7, 11) is 0.104. The number of hydrogen-bond donors (Lipinski definition) is 0. The predicted octanol–water partition coefficient (Wildman–Crippen LogP) is 3.74. The number of hydrogen-bond acceptors (Lipinski definition) is 0. The molecule has 0 saturated carbocycles. The molecule has 0 aromatic heterocycles. The van der Waals surface area contributed by atoms with Crippen molar-refractivity contribution in [3.05, 3.63) is 30.3 Å². The molecule has 0 bridgehead atoms. The molecule has 0 N–H and O–H groups in total. The first-order chi connectivity index (χ1) is 5.72. The molecule has 0 atom stereocenters. The van der Waals surface area contributed by atoms with Gasteiger partial charge < -0.3 is 0 Å². The van der Waals surface area contributed by atoms with Gasteiger partial charge in [0, 0.05) is 0 Å². The Hall–Kier alpha value is 1.13. The molecular weight excluding hydrogens is 342 g/mol. The van der Waals surface area contributed by atoms with Gasteiger partial charge in [0.25, 0.3) is 0 Å². The van der Waals surface area contributed by atoms with E-state index < -0.39 is 0 Å². The van der Waals surface area contributed by atoms with E-state index in [9.17, 15) is 0 Å². The molecule has 1 aromatic rings. The van der Waals surface area contributed by atoms with Crippen molar-refractivity contribution in [3.8, 4) is 0 Å². The van der Waals surface area contributed by atoms with Gasteiger partial charge in [-0.05, 0) is 18.6 Å². The van der Waals surface area contributed by atoms with Gasteiger partial charge in [-0.25, -0.2) is 0 Å². The zero-order valence-electron chi connectivity index (χ0n) is 6.97. The van der Waals surface area contributed by atoms with Gasteiger partial charge in [-0.15, -0.1) is 0 Å². The van der Waals surface area contributed by atoms with Gasteiger partial charge in [-0.3, -0.25) is 0 Å². The van der Waals surface area contributed by atoms with Crippen molar-refractivity contribution in [2.75, 3.05) is 13.3 Å². The predicted molar refractivity (Wildman–Crippen MR) is 62.7 cm³/mol. The summed E-state index contributed by atoms with van der Waals surface area (Å²) in [6.45, 7) is 4.54. The van der Waals surface area contributed by atoms with E-state index in [0.29, 0.717) is 11.3 Å². The topological polar surface area (TPSA) is 0 Å². The van der Waals surface area contributed by atoms with Crippen molar-refractivity contribution in [2.45, 2.75) is 0 Å². The van der Waals surface area contributed by atoms with Crippen molar-refractivity contribution in [3.63, 3.8) is 0 Å². The summed E-state index contributed by atoms with van der Waals surface area (Å²) in [6, 6.07) is 10.6. The third kappa shape index (κ3) is 6.62. The van der Waals surface area contributed by atoms with Crippen LogP contribution in [0.4, 0.5) is 0 Å². The molecule has 0 nitrogen and oxygen atoms in total. The van der Waals surface area contributed by atoms with Gasteiger partial charge >= 0.3 is 39.6 Å². The molecule has 0 radical (unpaired) electrons. The van der Waals surface area contributed by atoms with Crippen LogP contribution >= 0.6 is 36.1 Å². The van der Waals surface area contributed by atoms with E-state index in [4.69, 9.17) is 0 Å². The maximum atomic E-state index is 3.09. The second-order valence-electron chi connectivity index (χ2n) is 2.28. The molecule has 1 rings (SSSR count). The molecule has 0 heterocycles. The summed E-state index contributed by atoms with van der Waals surface area (Å²) < 4.78 is 0. The molecular formula is C8H11Br2MnP. The van der Waals surface area contributed by atoms with Crippen LogP contribution in [0.3, 0.4) is 0 Å². The SMILES string of the molecule is CP(C)c1ccccc1.[Br][Mn][Br]. The molecule has 12 heavy (non-hydrogen) atoms. The third-order valence-corrected chi connectivity index (χ3v) is 2.60. The number of rotatable bonds is 1. The van der Waals surface area contributed by atoms with E-state index in [-0.39, 0.29) is 7.92 Å². The van der Waals surface area contributed by atoms with Gasteiger partial charge in [0.2, 0.25) is 0 Å². The summed E-state index contributed by atoms with van der Waals surface area (Å²) in [6.07, 6.45) is 0. The summed E-state index contributed by atoms with van der Waals surface area (Å²) in [5, 5.41) is 1.48. The van der Waals surface area contributed by atoms with Gasteiger partial charge in [0.15, 0.2) is 0 Å². The van der Waals surface area contributed by atoms with Crippen LogP contribution in [0.25, 0.3) is 0 Å². The van der Waals surface area contributed by atoms with Crippen molar-refractivity contribution in [1.29, 1.82) is 0 Å². The number of halogens is 2. The van der Waals surface area contributed by atoms with E-state index in [2.05, 4.69) is 71.9 Å². The van der Waals surface area contributed by atoms with Gasteiger partial charge in [0.1, 0.15) is 0 Å². The zero-order chi connectivity index (χ0) is 9.40. The Kier molecular flexibility index (Phi) is 9.54. The first kappa shape index (κ1) is 13.1. The van der Waals surface area contributed by atoms with Crippen LogP contribution in [0, 0.1) is 0 Å². The van der Waals surface area contributed by atoms with Crippen LogP contribution in [-0.2, 0) is 11.3 Å². The molecule has 69 valence electrons. The van der Waals surface area contributed by atoms with Crippen molar-refractivity contribution in [1.82, 2.24) is 0 Å². The maximum absolute atomic E-state index is 3.09. The molecule has 4 heteroatoms. The Morgan fingerprint density at radius 2 is 1.50 bits per heavy atom. The average Bonchev–Trinajstić information content (AvgIpc) is 2.07. The molecule has 0 unspecified atom stereocenters. The van der Waals surface area contributed by atoms with Crippen LogP contribution in [0.2, 0.25) is 0 Å². The van der Waals surface area contributed by atoms with Crippen molar-refractivity contribution < 1.29 is 11.3 Å². The second kappa shape index (κ2) is 8.72. The standard InChI is InChI=1S/C8H11P.2BrH.Mn/c1-9(2)8-6-4-3-5-7-8;;;/h3-7H,1-2H3;2*1H;/q;;;+2/p-2. The molecule has 1 aromatic carbocycles. The van der Waals surface area contributed by atoms with E-state index in [1.54, 1.807) is 0 Å². The summed E-state index contributed by atoms with van der Waals surface area (Å²) >= 11 is 6.88. The van der Waals surface area contributed by atoms with Gasteiger partial charge in [-0.1, -0.05) is 38.3 Å². The van der Waals surface area contributed by atoms with Gasteiger partial charge in [0.05, 0.1) is 0 Å². The van der Waals surface area contributed by atoms with Crippen LogP contribution in [-0.4, -0.2) is 13.3 Å². The normalized spacial score (nSPS) is 9.08. The summed E-state index contributed by atoms with van der Waals surface area (Å²) in [4.78, 5) is 0. The van der Waals surface area contributed by atoms with E-state index >= 15 is 0 Å². The molecule has 0 fully saturated rings. The Morgan fingerprint density at radius 3 is 1.75 bits per heavy atom. The van der Waals surface area contributed by atoms with Gasteiger partial charge in [-0.2, -0.15) is 0 Å². The molecule has 0 saturated heterocycles. The summed E-state index contributed by atoms with van der Waals surface area (Å²) in [5.74, 6) is 0. The Balaban J connectivity index is 0.000000354. The molecule has 0 aliphatic heterocycles. The van der Waals surface area contributed by atoms with E-state index in [1.165, 1.54) is 5.30 Å². The molecule has 0 amide bonds. The van der Waals surface area contributed by atoms with Crippen molar-refractivity contribution in [2.24, 2.45) is 0 Å². The van der Waals surface area contributed by atoms with E-state index in [1.807, 2.05) is 0 Å². The Bertz CT molecular complexity index is 192. The first-order valence-electron chi connectivity index (χ1n) is 3.31. The fourth-order valence-electron chi connectivity index (χ4n) is 0.726. The molecule has 0 aliphatic rings. The first-order valence-corrected chi connectivity index (χ1v) is 11.4. The number of benzene rings is 1. The Morgan fingerprint density at radius 1 is 1.08 bits per heavy atom. The minimum absolute atomic E-state index is 0.104. The zero-order valence-corrected chi connectivity index (χ0v) is 12.2. The molecule has 0 spiro atoms. The fourth-order valence-corrected chi connectivity index (χ4v) is 1.49. The second-order valence-corrected chi connectivity index (χ2v) is 10.5.